The van der Waals surface area contributed by atoms with E-state index in [1.165, 1.54) is 0 Å². The maximum absolute atomic E-state index is 9.38. The minimum atomic E-state index is -0.0896. The van der Waals surface area contributed by atoms with Crippen LogP contribution in [0, 0.1) is 0 Å². The number of hydrogen-bond acceptors (Lipinski definition) is 3. The first-order chi connectivity index (χ1) is 8.38. The lowest BCUT2D eigenvalue weighted by Gasteiger charge is -2.03. The number of aliphatic hydroxyl groups excluding tert-OH is 1. The van der Waals surface area contributed by atoms with Gasteiger partial charge in [0.05, 0.1) is 0 Å². The van der Waals surface area contributed by atoms with Crippen molar-refractivity contribution in [3.8, 4) is 0 Å². The van der Waals surface area contributed by atoms with Crippen molar-refractivity contribution in [2.45, 2.75) is 6.61 Å². The van der Waals surface area contributed by atoms with Gasteiger partial charge in [0.2, 0.25) is 0 Å². The summed E-state index contributed by atoms with van der Waals surface area (Å²) >= 11 is 0. The van der Waals surface area contributed by atoms with E-state index in [9.17, 15) is 5.11 Å². The second kappa shape index (κ2) is 2.96. The van der Waals surface area contributed by atoms with Crippen LogP contribution in [0.5, 0.6) is 0 Å². The van der Waals surface area contributed by atoms with Crippen molar-refractivity contribution < 1.29 is 9.52 Å². The van der Waals surface area contributed by atoms with E-state index in [0.717, 1.165) is 32.5 Å². The Morgan fingerprint density at radius 2 is 2.00 bits per heavy atom. The molecule has 0 spiro atoms. The van der Waals surface area contributed by atoms with E-state index in [1.807, 2.05) is 24.5 Å². The number of hydrogen-bond donors (Lipinski definition) is 1. The molecule has 3 heteroatoms. The number of fused-ring (bicyclic) bond motifs is 4. The molecule has 3 nitrogen and oxygen atoms in total. The summed E-state index contributed by atoms with van der Waals surface area (Å²) in [7, 11) is 0. The molecule has 1 N–H and O–H groups in total. The first kappa shape index (κ1) is 8.96. The predicted octanol–water partition coefficient (Wildman–Crippen LogP) is 3.06. The molecule has 2 heterocycles. The Bertz CT molecular complexity index is 832. The van der Waals surface area contributed by atoms with Crippen molar-refractivity contribution in [2.24, 2.45) is 0 Å². The molecular weight excluding hydrogens is 214 g/mol. The van der Waals surface area contributed by atoms with Gasteiger partial charge in [-0.15, -0.1) is 0 Å². The van der Waals surface area contributed by atoms with Crippen LogP contribution in [-0.4, -0.2) is 10.1 Å². The highest BCUT2D eigenvalue weighted by atomic mass is 16.4. The molecule has 0 aliphatic heterocycles. The molecule has 17 heavy (non-hydrogen) atoms. The molecule has 4 rings (SSSR count). The van der Waals surface area contributed by atoms with E-state index >= 15 is 0 Å². The van der Waals surface area contributed by atoms with Crippen LogP contribution in [0.1, 0.15) is 5.76 Å². The second-order valence-electron chi connectivity index (χ2n) is 4.20. The number of furan rings is 1. The molecule has 0 saturated heterocycles. The van der Waals surface area contributed by atoms with Gasteiger partial charge < -0.3 is 9.52 Å². The zero-order valence-corrected chi connectivity index (χ0v) is 8.97. The van der Waals surface area contributed by atoms with E-state index in [0.29, 0.717) is 5.76 Å². The topological polar surface area (TPSA) is 46.3 Å². The molecule has 0 unspecified atom stereocenters. The maximum Gasteiger partial charge on any atom is 0.138 e. The van der Waals surface area contributed by atoms with Crippen LogP contribution < -0.4 is 0 Å². The third-order valence-corrected chi connectivity index (χ3v) is 3.27. The zero-order chi connectivity index (χ0) is 11.4. The molecule has 0 aliphatic rings. The minimum absolute atomic E-state index is 0.0896. The quantitative estimate of drug-likeness (QED) is 0.539. The first-order valence-corrected chi connectivity index (χ1v) is 5.49. The van der Waals surface area contributed by atoms with E-state index in [4.69, 9.17) is 4.42 Å². The molecule has 0 radical (unpaired) electrons. The van der Waals surface area contributed by atoms with Gasteiger partial charge in [-0.1, -0.05) is 12.1 Å². The molecule has 2 bridgehead atoms. The Hall–Kier alpha value is -2.13. The Labute approximate surface area is 96.6 Å². The fourth-order valence-corrected chi connectivity index (χ4v) is 2.58. The number of aromatic nitrogens is 1. The Balaban J connectivity index is 2.45. The number of rotatable bonds is 1. The largest absolute Gasteiger partial charge is 0.458 e. The van der Waals surface area contributed by atoms with Crippen molar-refractivity contribution in [1.82, 2.24) is 4.98 Å². The van der Waals surface area contributed by atoms with Gasteiger partial charge in [0, 0.05) is 33.9 Å². The zero-order valence-electron chi connectivity index (χ0n) is 8.97. The average molecular weight is 223 g/mol. The van der Waals surface area contributed by atoms with Crippen LogP contribution in [0.2, 0.25) is 0 Å². The lowest BCUT2D eigenvalue weighted by atomic mass is 10.00. The molecular formula is C14H9NO2. The van der Waals surface area contributed by atoms with Crippen molar-refractivity contribution in [3.63, 3.8) is 0 Å². The molecule has 4 aromatic rings. The number of pyridine rings is 1. The fourth-order valence-electron chi connectivity index (χ4n) is 2.58. The van der Waals surface area contributed by atoms with Crippen molar-refractivity contribution >= 4 is 32.5 Å². The maximum atomic E-state index is 9.38. The summed E-state index contributed by atoms with van der Waals surface area (Å²) in [6, 6.07) is 8.03. The van der Waals surface area contributed by atoms with E-state index < -0.39 is 0 Å². The van der Waals surface area contributed by atoms with Gasteiger partial charge in [0.25, 0.3) is 0 Å². The summed E-state index contributed by atoms with van der Waals surface area (Å²) in [5.74, 6) is 0.617. The molecule has 82 valence electrons. The van der Waals surface area contributed by atoms with Gasteiger partial charge >= 0.3 is 0 Å². The third-order valence-electron chi connectivity index (χ3n) is 3.27. The second-order valence-corrected chi connectivity index (χ2v) is 4.20. The summed E-state index contributed by atoms with van der Waals surface area (Å²) in [4.78, 5) is 4.22. The van der Waals surface area contributed by atoms with Crippen LogP contribution in [0.3, 0.4) is 0 Å². The Morgan fingerprint density at radius 3 is 2.88 bits per heavy atom. The molecule has 0 aliphatic carbocycles. The van der Waals surface area contributed by atoms with Crippen molar-refractivity contribution in [2.75, 3.05) is 0 Å². The number of nitrogens with zero attached hydrogens (tertiary/aromatic N) is 1. The van der Waals surface area contributed by atoms with Crippen molar-refractivity contribution in [3.05, 3.63) is 42.4 Å². The van der Waals surface area contributed by atoms with Crippen molar-refractivity contribution in [1.29, 1.82) is 0 Å². The van der Waals surface area contributed by atoms with Crippen LogP contribution in [-0.2, 0) is 6.61 Å². The van der Waals surface area contributed by atoms with Crippen LogP contribution >= 0.6 is 0 Å². The highest BCUT2D eigenvalue weighted by Crippen LogP contribution is 2.37. The normalized spacial score (nSPS) is 12.1. The van der Waals surface area contributed by atoms with E-state index in [-0.39, 0.29) is 6.61 Å². The Morgan fingerprint density at radius 1 is 1.12 bits per heavy atom. The first-order valence-electron chi connectivity index (χ1n) is 5.49. The van der Waals surface area contributed by atoms with Gasteiger partial charge in [-0.25, -0.2) is 0 Å². The minimum Gasteiger partial charge on any atom is -0.458 e. The standard InChI is InChI=1S/C14H9NO2/c16-7-12-13-9-4-8(5-15-6-9)10-2-1-3-11(17-12)14(10)13/h1-6,16H,7H2. The highest BCUT2D eigenvalue weighted by molar-refractivity contribution is 6.21. The SMILES string of the molecule is OCc1oc2cccc3c4cncc(c4)c1c23. The molecule has 2 aromatic carbocycles. The lowest BCUT2D eigenvalue weighted by molar-refractivity contribution is 0.253. The fraction of sp³-hybridized carbons (Fsp3) is 0.0714. The summed E-state index contributed by atoms with van der Waals surface area (Å²) in [5, 5.41) is 14.7. The summed E-state index contributed by atoms with van der Waals surface area (Å²) < 4.78 is 5.69. The average Bonchev–Trinajstić information content (AvgIpc) is 2.76. The van der Waals surface area contributed by atoms with Gasteiger partial charge in [0.15, 0.2) is 0 Å². The molecule has 0 fully saturated rings. The van der Waals surface area contributed by atoms with Crippen LogP contribution in [0.4, 0.5) is 0 Å². The lowest BCUT2D eigenvalue weighted by Crippen LogP contribution is -1.84. The smallest absolute Gasteiger partial charge is 0.138 e. The summed E-state index contributed by atoms with van der Waals surface area (Å²) in [6.07, 6.45) is 3.66. The van der Waals surface area contributed by atoms with Crippen LogP contribution in [0.25, 0.3) is 32.5 Å². The molecule has 0 amide bonds. The molecule has 0 atom stereocenters. The van der Waals surface area contributed by atoms with Gasteiger partial charge in [-0.3, -0.25) is 4.98 Å². The summed E-state index contributed by atoms with van der Waals surface area (Å²) in [6.45, 7) is -0.0896. The van der Waals surface area contributed by atoms with Crippen LogP contribution in [0.15, 0.2) is 41.1 Å². The Kier molecular flexibility index (Phi) is 1.56. The highest BCUT2D eigenvalue weighted by Gasteiger charge is 2.15. The van der Waals surface area contributed by atoms with E-state index in [2.05, 4.69) is 17.1 Å². The molecule has 2 aromatic heterocycles. The number of aliphatic hydroxyl groups is 1. The van der Waals surface area contributed by atoms with Gasteiger partial charge in [0.1, 0.15) is 18.0 Å². The van der Waals surface area contributed by atoms with Gasteiger partial charge in [-0.2, -0.15) is 0 Å². The summed E-state index contributed by atoms with van der Waals surface area (Å²) in [5.41, 5.74) is 0.827. The van der Waals surface area contributed by atoms with Gasteiger partial charge in [-0.05, 0) is 17.5 Å². The molecule has 0 saturated carbocycles. The monoisotopic (exact) mass is 223 g/mol. The number of benzene rings is 2. The van der Waals surface area contributed by atoms with E-state index in [1.54, 1.807) is 0 Å². The predicted molar refractivity (Wildman–Crippen MR) is 66.1 cm³/mol. The third kappa shape index (κ3) is 1.02.